The number of carbonyl (C=O) groups is 2. The molecule has 11 nitrogen and oxygen atoms in total. The fourth-order valence-electron chi connectivity index (χ4n) is 5.85. The summed E-state index contributed by atoms with van der Waals surface area (Å²) in [6, 6.07) is 5.83. The number of imide groups is 1. The van der Waals surface area contributed by atoms with Crippen molar-refractivity contribution in [1.82, 2.24) is 35.2 Å². The van der Waals surface area contributed by atoms with Crippen LogP contribution < -0.4 is 15.1 Å². The lowest BCUT2D eigenvalue weighted by molar-refractivity contribution is -0.120. The third-order valence-electron chi connectivity index (χ3n) is 7.96. The lowest BCUT2D eigenvalue weighted by Crippen LogP contribution is -2.49. The topological polar surface area (TPSA) is 112 Å². The van der Waals surface area contributed by atoms with Gasteiger partial charge in [0.25, 0.3) is 0 Å². The van der Waals surface area contributed by atoms with E-state index in [1.807, 2.05) is 23.7 Å². The Morgan fingerprint density at radius 1 is 0.973 bits per heavy atom. The van der Waals surface area contributed by atoms with Crippen molar-refractivity contribution in [1.29, 1.82) is 0 Å². The Morgan fingerprint density at radius 3 is 2.51 bits per heavy atom. The normalized spacial score (nSPS) is 20.6. The molecule has 3 aromatic rings. The Hall–Kier alpha value is -3.60. The second-order valence-corrected chi connectivity index (χ2v) is 10.4. The lowest BCUT2D eigenvalue weighted by Gasteiger charge is -2.38. The van der Waals surface area contributed by atoms with Crippen LogP contribution in [0.1, 0.15) is 43.8 Å². The first-order valence-electron chi connectivity index (χ1n) is 13.3. The summed E-state index contributed by atoms with van der Waals surface area (Å²) in [5.74, 6) is 1.46. The van der Waals surface area contributed by atoms with Crippen LogP contribution in [0, 0.1) is 12.8 Å². The van der Waals surface area contributed by atoms with E-state index in [0.29, 0.717) is 18.9 Å². The molecule has 0 unspecified atom stereocenters. The van der Waals surface area contributed by atoms with Gasteiger partial charge in [-0.1, -0.05) is 0 Å². The molecule has 0 aromatic carbocycles. The molecular weight excluding hydrogens is 470 g/mol. The van der Waals surface area contributed by atoms with Gasteiger partial charge in [-0.15, -0.1) is 5.10 Å². The predicted octanol–water partition coefficient (Wildman–Crippen LogP) is 2.53. The zero-order valence-electron chi connectivity index (χ0n) is 21.2. The number of fused-ring (bicyclic) bond motifs is 1. The third-order valence-corrected chi connectivity index (χ3v) is 7.96. The van der Waals surface area contributed by atoms with Crippen molar-refractivity contribution in [2.45, 2.75) is 45.1 Å². The third kappa shape index (κ3) is 4.87. The minimum absolute atomic E-state index is 0.236. The Morgan fingerprint density at radius 2 is 1.78 bits per heavy atom. The number of anilines is 2. The number of nitrogens with one attached hydrogen (secondary N) is 1. The molecule has 3 aliphatic heterocycles. The lowest BCUT2D eigenvalue weighted by atomic mass is 9.94. The number of pyridine rings is 1. The molecule has 37 heavy (non-hydrogen) atoms. The average molecular weight is 504 g/mol. The molecule has 11 heteroatoms. The van der Waals surface area contributed by atoms with Crippen LogP contribution in [-0.4, -0.2) is 81.1 Å². The maximum atomic E-state index is 12.4. The first-order chi connectivity index (χ1) is 18.0. The maximum Gasteiger partial charge on any atom is 0.328 e. The van der Waals surface area contributed by atoms with Crippen LogP contribution in [0.2, 0.25) is 0 Å². The summed E-state index contributed by atoms with van der Waals surface area (Å²) in [5, 5.41) is 16.5. The first-order valence-corrected chi connectivity index (χ1v) is 13.3. The van der Waals surface area contributed by atoms with Crippen molar-refractivity contribution in [3.63, 3.8) is 0 Å². The summed E-state index contributed by atoms with van der Waals surface area (Å²) in [6.45, 7) is 7.65. The summed E-state index contributed by atoms with van der Waals surface area (Å²) >= 11 is 0. The van der Waals surface area contributed by atoms with Gasteiger partial charge in [-0.25, -0.2) is 14.5 Å². The Labute approximate surface area is 215 Å². The molecule has 1 N–H and O–H groups in total. The van der Waals surface area contributed by atoms with Gasteiger partial charge >= 0.3 is 6.03 Å². The SMILES string of the molecule is Cc1ccc(N2CCC(CN3CCC(n4ncc5c(N6CCC(=O)NC6=O)ccnc54)CC3)CC2)nn1. The zero-order valence-corrected chi connectivity index (χ0v) is 21.2. The van der Waals surface area contributed by atoms with Gasteiger partial charge in [0.2, 0.25) is 5.91 Å². The van der Waals surface area contributed by atoms with Crippen molar-refractivity contribution in [2.75, 3.05) is 49.1 Å². The number of likely N-dealkylation sites (tertiary alicyclic amines) is 1. The minimum Gasteiger partial charge on any atom is -0.355 e. The summed E-state index contributed by atoms with van der Waals surface area (Å²) in [4.78, 5) is 35.1. The molecule has 3 saturated heterocycles. The summed E-state index contributed by atoms with van der Waals surface area (Å²) in [5.41, 5.74) is 2.50. The number of rotatable bonds is 5. The fraction of sp³-hybridized carbons (Fsp3) is 0.538. The Bertz CT molecular complexity index is 1270. The summed E-state index contributed by atoms with van der Waals surface area (Å²) in [7, 11) is 0. The van der Waals surface area contributed by atoms with E-state index in [4.69, 9.17) is 5.10 Å². The monoisotopic (exact) mass is 503 g/mol. The number of urea groups is 1. The standard InChI is InChI=1S/C26H33N9O2/c1-18-2-3-23(31-30-18)33-13-5-19(6-14-33)17-32-11-7-20(8-12-32)35-25-21(16-28-35)22(4-10-27-25)34-15-9-24(36)29-26(34)37/h2-4,10,16,19-20H,5-9,11-15,17H2,1H3,(H,29,36,37). The molecule has 0 spiro atoms. The number of carbonyl (C=O) groups excluding carboxylic acids is 2. The van der Waals surface area contributed by atoms with Crippen LogP contribution >= 0.6 is 0 Å². The number of amides is 3. The number of hydrogen-bond donors (Lipinski definition) is 1. The molecule has 0 aliphatic carbocycles. The number of piperidine rings is 2. The Kier molecular flexibility index (Phi) is 6.45. The second-order valence-electron chi connectivity index (χ2n) is 10.4. The van der Waals surface area contributed by atoms with E-state index in [-0.39, 0.29) is 18.0 Å². The minimum atomic E-state index is -0.387. The molecule has 0 atom stereocenters. The largest absolute Gasteiger partial charge is 0.355 e. The second kappa shape index (κ2) is 10.0. The van der Waals surface area contributed by atoms with Gasteiger partial charge in [0, 0.05) is 51.9 Å². The summed E-state index contributed by atoms with van der Waals surface area (Å²) in [6.07, 6.45) is 8.24. The molecule has 3 fully saturated rings. The van der Waals surface area contributed by atoms with E-state index in [0.717, 1.165) is 73.8 Å². The molecular formula is C26H33N9O2. The predicted molar refractivity (Wildman–Crippen MR) is 139 cm³/mol. The number of aromatic nitrogens is 5. The van der Waals surface area contributed by atoms with Crippen LogP contribution in [0.3, 0.4) is 0 Å². The molecule has 0 radical (unpaired) electrons. The van der Waals surface area contributed by atoms with Gasteiger partial charge in [-0.05, 0) is 56.7 Å². The first kappa shape index (κ1) is 23.8. The van der Waals surface area contributed by atoms with E-state index >= 15 is 0 Å². The number of hydrogen-bond acceptors (Lipinski definition) is 8. The van der Waals surface area contributed by atoms with E-state index < -0.39 is 0 Å². The van der Waals surface area contributed by atoms with E-state index in [9.17, 15) is 9.59 Å². The fourth-order valence-corrected chi connectivity index (χ4v) is 5.85. The van der Waals surface area contributed by atoms with Crippen molar-refractivity contribution >= 4 is 34.5 Å². The molecule has 3 amide bonds. The van der Waals surface area contributed by atoms with E-state index in [2.05, 4.69) is 36.4 Å². The van der Waals surface area contributed by atoms with Crippen LogP contribution in [0.15, 0.2) is 30.6 Å². The van der Waals surface area contributed by atoms with Crippen molar-refractivity contribution < 1.29 is 9.59 Å². The molecule has 0 saturated carbocycles. The quantitative estimate of drug-likeness (QED) is 0.565. The summed E-state index contributed by atoms with van der Waals surface area (Å²) < 4.78 is 2.03. The maximum absolute atomic E-state index is 12.4. The molecule has 6 rings (SSSR count). The van der Waals surface area contributed by atoms with Gasteiger partial charge < -0.3 is 9.80 Å². The highest BCUT2D eigenvalue weighted by molar-refractivity contribution is 6.09. The molecule has 6 heterocycles. The highest BCUT2D eigenvalue weighted by Gasteiger charge is 2.29. The highest BCUT2D eigenvalue weighted by Crippen LogP contribution is 2.31. The van der Waals surface area contributed by atoms with Crippen LogP contribution in [0.4, 0.5) is 16.3 Å². The van der Waals surface area contributed by atoms with Crippen LogP contribution in [0.5, 0.6) is 0 Å². The van der Waals surface area contributed by atoms with E-state index in [1.54, 1.807) is 17.3 Å². The molecule has 0 bridgehead atoms. The van der Waals surface area contributed by atoms with Gasteiger partial charge in [0.1, 0.15) is 0 Å². The molecule has 3 aromatic heterocycles. The van der Waals surface area contributed by atoms with Gasteiger partial charge in [0.15, 0.2) is 11.5 Å². The number of nitrogens with zero attached hydrogens (tertiary/aromatic N) is 8. The van der Waals surface area contributed by atoms with E-state index in [1.165, 1.54) is 12.8 Å². The van der Waals surface area contributed by atoms with Crippen LogP contribution in [0.25, 0.3) is 11.0 Å². The number of aryl methyl sites for hydroxylation is 1. The molecule has 194 valence electrons. The van der Waals surface area contributed by atoms with Gasteiger partial charge in [-0.2, -0.15) is 10.2 Å². The average Bonchev–Trinajstić information content (AvgIpc) is 3.35. The smallest absolute Gasteiger partial charge is 0.328 e. The van der Waals surface area contributed by atoms with Crippen molar-refractivity contribution in [3.8, 4) is 0 Å². The van der Waals surface area contributed by atoms with Gasteiger partial charge in [0.05, 0.1) is 29.0 Å². The van der Waals surface area contributed by atoms with Crippen molar-refractivity contribution in [2.24, 2.45) is 5.92 Å². The molecule has 3 aliphatic rings. The highest BCUT2D eigenvalue weighted by atomic mass is 16.2. The zero-order chi connectivity index (χ0) is 25.4. The van der Waals surface area contributed by atoms with Crippen molar-refractivity contribution in [3.05, 3.63) is 36.3 Å². The van der Waals surface area contributed by atoms with Crippen LogP contribution in [-0.2, 0) is 4.79 Å². The van der Waals surface area contributed by atoms with Gasteiger partial charge in [-0.3, -0.25) is 15.0 Å². The Balaban J connectivity index is 1.05.